The summed E-state index contributed by atoms with van der Waals surface area (Å²) in [5.74, 6) is -0.158. The fourth-order valence-electron chi connectivity index (χ4n) is 2.78. The molecule has 2 aromatic rings. The van der Waals surface area contributed by atoms with Gasteiger partial charge < -0.3 is 15.5 Å². The summed E-state index contributed by atoms with van der Waals surface area (Å²) in [6.45, 7) is 6.57. The number of hydrogen-bond acceptors (Lipinski definition) is 5. The Morgan fingerprint density at radius 1 is 1.21 bits per heavy atom. The Balaban J connectivity index is 1.40. The molecule has 1 aromatic heterocycles. The molecule has 128 valence electrons. The SMILES string of the molecule is O=C(NCCCN1CCNCC1)c1cn(Cc2ccccc2)nn1. The number of piperazine rings is 1. The summed E-state index contributed by atoms with van der Waals surface area (Å²) in [5.41, 5.74) is 1.50. The normalized spacial score (nSPS) is 15.3. The van der Waals surface area contributed by atoms with E-state index in [9.17, 15) is 4.79 Å². The molecule has 0 atom stereocenters. The van der Waals surface area contributed by atoms with Crippen LogP contribution in [0, 0.1) is 0 Å². The van der Waals surface area contributed by atoms with Gasteiger partial charge in [-0.1, -0.05) is 35.5 Å². The number of carbonyl (C=O) groups is 1. The molecule has 1 amide bonds. The van der Waals surface area contributed by atoms with Crippen LogP contribution >= 0.6 is 0 Å². The second kappa shape index (κ2) is 8.56. The average Bonchev–Trinajstić information content (AvgIpc) is 3.09. The molecule has 0 unspecified atom stereocenters. The van der Waals surface area contributed by atoms with Crippen LogP contribution in [0.5, 0.6) is 0 Å². The van der Waals surface area contributed by atoms with E-state index in [1.807, 2.05) is 30.3 Å². The van der Waals surface area contributed by atoms with Crippen LogP contribution in [0.1, 0.15) is 22.5 Å². The second-order valence-electron chi connectivity index (χ2n) is 5.99. The molecule has 7 nitrogen and oxygen atoms in total. The minimum absolute atomic E-state index is 0.158. The molecular formula is C17H24N6O. The van der Waals surface area contributed by atoms with E-state index in [1.54, 1.807) is 10.9 Å². The molecule has 0 bridgehead atoms. The Bertz CT molecular complexity index is 636. The highest BCUT2D eigenvalue weighted by atomic mass is 16.2. The van der Waals surface area contributed by atoms with E-state index >= 15 is 0 Å². The van der Waals surface area contributed by atoms with Gasteiger partial charge in [-0.3, -0.25) is 4.79 Å². The largest absolute Gasteiger partial charge is 0.351 e. The highest BCUT2D eigenvalue weighted by Gasteiger charge is 2.12. The maximum absolute atomic E-state index is 12.1. The third kappa shape index (κ3) is 4.87. The number of nitrogens with one attached hydrogen (secondary N) is 2. The summed E-state index contributed by atoms with van der Waals surface area (Å²) in [7, 11) is 0. The lowest BCUT2D eigenvalue weighted by Gasteiger charge is -2.26. The zero-order chi connectivity index (χ0) is 16.6. The number of aromatic nitrogens is 3. The summed E-state index contributed by atoms with van der Waals surface area (Å²) in [5, 5.41) is 14.2. The summed E-state index contributed by atoms with van der Waals surface area (Å²) >= 11 is 0. The van der Waals surface area contributed by atoms with Crippen molar-refractivity contribution in [1.82, 2.24) is 30.5 Å². The monoisotopic (exact) mass is 328 g/mol. The first-order valence-corrected chi connectivity index (χ1v) is 8.46. The highest BCUT2D eigenvalue weighted by Crippen LogP contribution is 2.02. The molecule has 2 heterocycles. The number of amides is 1. The molecule has 0 radical (unpaired) electrons. The van der Waals surface area contributed by atoms with E-state index < -0.39 is 0 Å². The minimum atomic E-state index is -0.158. The van der Waals surface area contributed by atoms with E-state index in [-0.39, 0.29) is 5.91 Å². The number of rotatable bonds is 7. The molecular weight excluding hydrogens is 304 g/mol. The number of hydrogen-bond donors (Lipinski definition) is 2. The number of nitrogens with zero attached hydrogens (tertiary/aromatic N) is 4. The van der Waals surface area contributed by atoms with E-state index in [2.05, 4.69) is 25.8 Å². The molecule has 0 aliphatic carbocycles. The van der Waals surface area contributed by atoms with Crippen molar-refractivity contribution in [2.24, 2.45) is 0 Å². The van der Waals surface area contributed by atoms with Crippen molar-refractivity contribution in [2.45, 2.75) is 13.0 Å². The Kier molecular flexibility index (Phi) is 5.92. The fourth-order valence-corrected chi connectivity index (χ4v) is 2.78. The van der Waals surface area contributed by atoms with E-state index in [1.165, 1.54) is 0 Å². The maximum atomic E-state index is 12.1. The smallest absolute Gasteiger partial charge is 0.273 e. The van der Waals surface area contributed by atoms with Crippen LogP contribution in [0.2, 0.25) is 0 Å². The molecule has 2 N–H and O–H groups in total. The first kappa shape index (κ1) is 16.6. The average molecular weight is 328 g/mol. The maximum Gasteiger partial charge on any atom is 0.273 e. The van der Waals surface area contributed by atoms with Gasteiger partial charge >= 0.3 is 0 Å². The third-order valence-electron chi connectivity index (χ3n) is 4.10. The molecule has 1 fully saturated rings. The third-order valence-corrected chi connectivity index (χ3v) is 4.10. The Hall–Kier alpha value is -2.25. The van der Waals surface area contributed by atoms with Crippen molar-refractivity contribution in [3.63, 3.8) is 0 Å². The van der Waals surface area contributed by atoms with Crippen molar-refractivity contribution in [2.75, 3.05) is 39.3 Å². The Morgan fingerprint density at radius 2 is 2.00 bits per heavy atom. The van der Waals surface area contributed by atoms with Crippen LogP contribution in [0.25, 0.3) is 0 Å². The summed E-state index contributed by atoms with van der Waals surface area (Å²) < 4.78 is 1.69. The number of carbonyl (C=O) groups excluding carboxylic acids is 1. The van der Waals surface area contributed by atoms with E-state index in [0.29, 0.717) is 18.8 Å². The van der Waals surface area contributed by atoms with Crippen LogP contribution in [0.3, 0.4) is 0 Å². The van der Waals surface area contributed by atoms with Crippen molar-refractivity contribution in [3.05, 3.63) is 47.8 Å². The molecule has 0 spiro atoms. The van der Waals surface area contributed by atoms with E-state index in [4.69, 9.17) is 0 Å². The number of benzene rings is 1. The highest BCUT2D eigenvalue weighted by molar-refractivity contribution is 5.91. The summed E-state index contributed by atoms with van der Waals surface area (Å²) in [4.78, 5) is 14.5. The van der Waals surface area contributed by atoms with Gasteiger partial charge in [0.1, 0.15) is 0 Å². The Morgan fingerprint density at radius 3 is 2.79 bits per heavy atom. The predicted molar refractivity (Wildman–Crippen MR) is 91.8 cm³/mol. The first-order valence-electron chi connectivity index (χ1n) is 8.46. The van der Waals surface area contributed by atoms with Gasteiger partial charge in [-0.15, -0.1) is 5.10 Å². The second-order valence-corrected chi connectivity index (χ2v) is 5.99. The molecule has 0 saturated carbocycles. The van der Waals surface area contributed by atoms with Gasteiger partial charge in [-0.2, -0.15) is 0 Å². The molecule has 7 heteroatoms. The lowest BCUT2D eigenvalue weighted by atomic mass is 10.2. The minimum Gasteiger partial charge on any atom is -0.351 e. The first-order chi connectivity index (χ1) is 11.8. The summed E-state index contributed by atoms with van der Waals surface area (Å²) in [6, 6.07) is 10.00. The van der Waals surface area contributed by atoms with Crippen LogP contribution in [0.15, 0.2) is 36.5 Å². The van der Waals surface area contributed by atoms with Crippen molar-refractivity contribution in [1.29, 1.82) is 0 Å². The topological polar surface area (TPSA) is 75.1 Å². The van der Waals surface area contributed by atoms with Crippen LogP contribution in [0.4, 0.5) is 0 Å². The van der Waals surface area contributed by atoms with Gasteiger partial charge in [-0.05, 0) is 18.5 Å². The molecule has 24 heavy (non-hydrogen) atoms. The van der Waals surface area contributed by atoms with Gasteiger partial charge in [0.2, 0.25) is 0 Å². The molecule has 1 aliphatic rings. The van der Waals surface area contributed by atoms with E-state index in [0.717, 1.165) is 44.7 Å². The molecule has 1 aromatic carbocycles. The van der Waals surface area contributed by atoms with Crippen molar-refractivity contribution < 1.29 is 4.79 Å². The lowest BCUT2D eigenvalue weighted by Crippen LogP contribution is -2.44. The van der Waals surface area contributed by atoms with Gasteiger partial charge in [0.15, 0.2) is 5.69 Å². The van der Waals surface area contributed by atoms with Crippen LogP contribution in [-0.4, -0.2) is 65.1 Å². The van der Waals surface area contributed by atoms with Gasteiger partial charge in [-0.25, -0.2) is 4.68 Å². The molecule has 3 rings (SSSR count). The van der Waals surface area contributed by atoms with Gasteiger partial charge in [0.05, 0.1) is 12.7 Å². The van der Waals surface area contributed by atoms with Crippen molar-refractivity contribution >= 4 is 5.91 Å². The van der Waals surface area contributed by atoms with Crippen LogP contribution in [-0.2, 0) is 6.54 Å². The standard InChI is InChI=1S/C17H24N6O/c24-17(19-7-4-10-22-11-8-18-9-12-22)16-14-23(21-20-16)13-15-5-2-1-3-6-15/h1-3,5-6,14,18H,4,7-13H2,(H,19,24). The molecule has 1 saturated heterocycles. The fraction of sp³-hybridized carbons (Fsp3) is 0.471. The van der Waals surface area contributed by atoms with Gasteiger partial charge in [0, 0.05) is 32.7 Å². The predicted octanol–water partition coefficient (Wildman–Crippen LogP) is 0.352. The lowest BCUT2D eigenvalue weighted by molar-refractivity contribution is 0.0946. The quantitative estimate of drug-likeness (QED) is 0.718. The van der Waals surface area contributed by atoms with Crippen LogP contribution < -0.4 is 10.6 Å². The molecule has 1 aliphatic heterocycles. The zero-order valence-electron chi connectivity index (χ0n) is 13.8. The van der Waals surface area contributed by atoms with Gasteiger partial charge in [0.25, 0.3) is 5.91 Å². The Labute approximate surface area is 142 Å². The summed E-state index contributed by atoms with van der Waals surface area (Å²) in [6.07, 6.45) is 2.64. The zero-order valence-corrected chi connectivity index (χ0v) is 13.8. The van der Waals surface area contributed by atoms with Crippen molar-refractivity contribution in [3.8, 4) is 0 Å².